The minimum atomic E-state index is 0.118. The van der Waals surface area contributed by atoms with Crippen LogP contribution in [0.4, 0.5) is 0 Å². The van der Waals surface area contributed by atoms with Gasteiger partial charge in [0.15, 0.2) is 0 Å². The van der Waals surface area contributed by atoms with Crippen LogP contribution in [0.3, 0.4) is 0 Å². The maximum atomic E-state index is 12.2. The Balaban J connectivity index is 1.48. The number of amides is 2. The lowest BCUT2D eigenvalue weighted by atomic mass is 9.77. The Morgan fingerprint density at radius 3 is 2.75 bits per heavy atom. The van der Waals surface area contributed by atoms with Crippen molar-refractivity contribution in [1.29, 1.82) is 0 Å². The first-order chi connectivity index (χ1) is 9.67. The molecular formula is C15H21N3O2. The predicted molar refractivity (Wildman–Crippen MR) is 75.0 cm³/mol. The predicted octanol–water partition coefficient (Wildman–Crippen LogP) is 1.08. The second-order valence-corrected chi connectivity index (χ2v) is 6.03. The van der Waals surface area contributed by atoms with Gasteiger partial charge in [0.05, 0.1) is 0 Å². The lowest BCUT2D eigenvalue weighted by molar-refractivity contribution is -0.133. The zero-order valence-corrected chi connectivity index (χ0v) is 11.7. The Morgan fingerprint density at radius 1 is 1.35 bits per heavy atom. The molecule has 2 amide bonds. The van der Waals surface area contributed by atoms with E-state index < -0.39 is 0 Å². The molecule has 0 atom stereocenters. The summed E-state index contributed by atoms with van der Waals surface area (Å²) in [5.41, 5.74) is 1.23. The number of piperidine rings is 1. The molecule has 1 aromatic heterocycles. The number of H-pyrrole nitrogens is 1. The first-order valence-corrected chi connectivity index (χ1v) is 7.34. The van der Waals surface area contributed by atoms with Gasteiger partial charge in [0.25, 0.3) is 0 Å². The number of rotatable bonds is 3. The smallest absolute Gasteiger partial charge is 0.222 e. The molecule has 108 valence electrons. The number of carbonyl (C=O) groups is 2. The summed E-state index contributed by atoms with van der Waals surface area (Å²) >= 11 is 0. The highest BCUT2D eigenvalue weighted by Crippen LogP contribution is 2.37. The van der Waals surface area contributed by atoms with Crippen molar-refractivity contribution in [2.45, 2.75) is 32.1 Å². The van der Waals surface area contributed by atoms with Crippen LogP contribution in [0.25, 0.3) is 0 Å². The van der Waals surface area contributed by atoms with Crippen molar-refractivity contribution in [2.24, 2.45) is 5.41 Å². The number of nitrogens with zero attached hydrogens (tertiary/aromatic N) is 1. The van der Waals surface area contributed by atoms with Crippen LogP contribution in [-0.4, -0.2) is 41.3 Å². The quantitative estimate of drug-likeness (QED) is 0.867. The van der Waals surface area contributed by atoms with E-state index in [4.69, 9.17) is 0 Å². The highest BCUT2D eigenvalue weighted by atomic mass is 16.2. The zero-order chi connectivity index (χ0) is 14.0. The molecule has 2 aliphatic rings. The van der Waals surface area contributed by atoms with E-state index in [-0.39, 0.29) is 17.2 Å². The van der Waals surface area contributed by atoms with Gasteiger partial charge in [-0.05, 0) is 36.8 Å². The van der Waals surface area contributed by atoms with E-state index in [2.05, 4.69) is 10.3 Å². The second-order valence-electron chi connectivity index (χ2n) is 6.03. The number of nitrogens with one attached hydrogen (secondary N) is 2. The van der Waals surface area contributed by atoms with Gasteiger partial charge in [0.2, 0.25) is 11.8 Å². The Morgan fingerprint density at radius 2 is 2.15 bits per heavy atom. The normalized spacial score (nSPS) is 21.2. The molecule has 2 aliphatic heterocycles. The third kappa shape index (κ3) is 2.71. The summed E-state index contributed by atoms with van der Waals surface area (Å²) in [4.78, 5) is 28.6. The Kier molecular flexibility index (Phi) is 3.51. The average Bonchev–Trinajstić information content (AvgIpc) is 3.08. The summed E-state index contributed by atoms with van der Waals surface area (Å²) in [7, 11) is 0. The minimum Gasteiger partial charge on any atom is -0.365 e. The standard InChI is InChI=1S/C15H21N3O2/c19-13-10-15(11-17-13)5-8-18(9-6-15)14(20)4-3-12-2-1-7-16-12/h1-2,7,16H,3-6,8-11H2,(H,17,19). The molecule has 3 heterocycles. The molecule has 0 aromatic carbocycles. The molecule has 0 bridgehead atoms. The van der Waals surface area contributed by atoms with Crippen molar-refractivity contribution < 1.29 is 9.59 Å². The van der Waals surface area contributed by atoms with E-state index in [0.717, 1.165) is 44.6 Å². The van der Waals surface area contributed by atoms with E-state index in [0.29, 0.717) is 12.8 Å². The highest BCUT2D eigenvalue weighted by molar-refractivity contribution is 5.79. The maximum absolute atomic E-state index is 12.2. The Hall–Kier alpha value is -1.78. The van der Waals surface area contributed by atoms with Crippen molar-refractivity contribution in [1.82, 2.24) is 15.2 Å². The SMILES string of the molecule is O=C1CC2(CCN(C(=O)CCc3ccc[nH]3)CC2)CN1. The van der Waals surface area contributed by atoms with E-state index in [1.165, 1.54) is 0 Å². The van der Waals surface area contributed by atoms with Crippen LogP contribution in [0.5, 0.6) is 0 Å². The summed E-state index contributed by atoms with van der Waals surface area (Å²) in [5.74, 6) is 0.392. The number of hydrogen-bond acceptors (Lipinski definition) is 2. The first kappa shape index (κ1) is 13.2. The molecule has 0 saturated carbocycles. The molecule has 2 saturated heterocycles. The molecule has 5 heteroatoms. The highest BCUT2D eigenvalue weighted by Gasteiger charge is 2.41. The van der Waals surface area contributed by atoms with Gasteiger partial charge in [-0.15, -0.1) is 0 Å². The number of aromatic nitrogens is 1. The van der Waals surface area contributed by atoms with Crippen LogP contribution in [-0.2, 0) is 16.0 Å². The average molecular weight is 275 g/mol. The van der Waals surface area contributed by atoms with Crippen LogP contribution >= 0.6 is 0 Å². The van der Waals surface area contributed by atoms with Crippen LogP contribution in [0.1, 0.15) is 31.4 Å². The van der Waals surface area contributed by atoms with Crippen molar-refractivity contribution in [3.05, 3.63) is 24.0 Å². The molecule has 2 N–H and O–H groups in total. The van der Waals surface area contributed by atoms with Gasteiger partial charge >= 0.3 is 0 Å². The van der Waals surface area contributed by atoms with Crippen LogP contribution in [0, 0.1) is 5.41 Å². The number of hydrogen-bond donors (Lipinski definition) is 2. The number of carbonyl (C=O) groups excluding carboxylic acids is 2. The third-order valence-electron chi connectivity index (χ3n) is 4.64. The molecule has 1 spiro atoms. The monoisotopic (exact) mass is 275 g/mol. The third-order valence-corrected chi connectivity index (χ3v) is 4.64. The van der Waals surface area contributed by atoms with Gasteiger partial charge in [0, 0.05) is 44.4 Å². The summed E-state index contributed by atoms with van der Waals surface area (Å²) in [5, 5.41) is 2.92. The molecule has 5 nitrogen and oxygen atoms in total. The van der Waals surface area contributed by atoms with Gasteiger partial charge < -0.3 is 15.2 Å². The van der Waals surface area contributed by atoms with Gasteiger partial charge in [-0.2, -0.15) is 0 Å². The van der Waals surface area contributed by atoms with Crippen molar-refractivity contribution in [2.75, 3.05) is 19.6 Å². The van der Waals surface area contributed by atoms with Gasteiger partial charge in [0.1, 0.15) is 0 Å². The van der Waals surface area contributed by atoms with Crippen LogP contribution in [0.15, 0.2) is 18.3 Å². The lowest BCUT2D eigenvalue weighted by Crippen LogP contribution is -2.44. The van der Waals surface area contributed by atoms with E-state index >= 15 is 0 Å². The van der Waals surface area contributed by atoms with E-state index in [1.807, 2.05) is 23.2 Å². The van der Waals surface area contributed by atoms with Gasteiger partial charge in [-0.3, -0.25) is 9.59 Å². The molecular weight excluding hydrogens is 254 g/mol. The number of likely N-dealkylation sites (tertiary alicyclic amines) is 1. The fraction of sp³-hybridized carbons (Fsp3) is 0.600. The van der Waals surface area contributed by atoms with Crippen molar-refractivity contribution in [3.63, 3.8) is 0 Å². The fourth-order valence-electron chi connectivity index (χ4n) is 3.26. The van der Waals surface area contributed by atoms with Crippen LogP contribution in [0.2, 0.25) is 0 Å². The fourth-order valence-corrected chi connectivity index (χ4v) is 3.26. The van der Waals surface area contributed by atoms with Crippen molar-refractivity contribution >= 4 is 11.8 Å². The molecule has 20 heavy (non-hydrogen) atoms. The first-order valence-electron chi connectivity index (χ1n) is 7.34. The Bertz CT molecular complexity index is 487. The molecule has 0 aliphatic carbocycles. The van der Waals surface area contributed by atoms with Crippen molar-refractivity contribution in [3.8, 4) is 0 Å². The van der Waals surface area contributed by atoms with Gasteiger partial charge in [-0.25, -0.2) is 0 Å². The molecule has 3 rings (SSSR count). The summed E-state index contributed by atoms with van der Waals surface area (Å²) in [6.07, 6.45) is 5.74. The maximum Gasteiger partial charge on any atom is 0.222 e. The molecule has 0 unspecified atom stereocenters. The van der Waals surface area contributed by atoms with E-state index in [9.17, 15) is 9.59 Å². The minimum absolute atomic E-state index is 0.118. The molecule has 1 aromatic rings. The lowest BCUT2D eigenvalue weighted by Gasteiger charge is -2.38. The Labute approximate surface area is 118 Å². The number of aromatic amines is 1. The summed E-state index contributed by atoms with van der Waals surface area (Å²) in [6.45, 7) is 2.37. The topological polar surface area (TPSA) is 65.2 Å². The largest absolute Gasteiger partial charge is 0.365 e. The number of aryl methyl sites for hydroxylation is 1. The van der Waals surface area contributed by atoms with Crippen LogP contribution < -0.4 is 5.32 Å². The second kappa shape index (κ2) is 5.31. The van der Waals surface area contributed by atoms with E-state index in [1.54, 1.807) is 0 Å². The summed E-state index contributed by atoms with van der Waals surface area (Å²) < 4.78 is 0. The zero-order valence-electron chi connectivity index (χ0n) is 11.7. The van der Waals surface area contributed by atoms with Gasteiger partial charge in [-0.1, -0.05) is 0 Å². The summed E-state index contributed by atoms with van der Waals surface area (Å²) in [6, 6.07) is 3.96. The molecule has 0 radical (unpaired) electrons. The molecule has 2 fully saturated rings.